The van der Waals surface area contributed by atoms with Crippen LogP contribution in [0.4, 0.5) is 10.1 Å². The van der Waals surface area contributed by atoms with Crippen molar-refractivity contribution in [1.82, 2.24) is 0 Å². The van der Waals surface area contributed by atoms with E-state index in [9.17, 15) is 18.8 Å². The average molecular weight is 530 g/mol. The van der Waals surface area contributed by atoms with Crippen molar-refractivity contribution >= 4 is 69.7 Å². The van der Waals surface area contributed by atoms with Crippen LogP contribution >= 0.6 is 35.7 Å². The number of benzene rings is 2. The van der Waals surface area contributed by atoms with Crippen molar-refractivity contribution in [2.24, 2.45) is 0 Å². The van der Waals surface area contributed by atoms with E-state index in [1.807, 2.05) is 26.0 Å². The summed E-state index contributed by atoms with van der Waals surface area (Å²) >= 11 is 8.08. The summed E-state index contributed by atoms with van der Waals surface area (Å²) in [7, 11) is 2.47. The van der Waals surface area contributed by atoms with Gasteiger partial charge in [0.25, 0.3) is 5.91 Å². The van der Waals surface area contributed by atoms with Crippen molar-refractivity contribution < 1.29 is 28.2 Å². The minimum absolute atomic E-state index is 0.114. The molecule has 0 saturated carbocycles. The van der Waals surface area contributed by atoms with E-state index in [2.05, 4.69) is 0 Å². The molecular formula is C25H20FNO5S3. The van der Waals surface area contributed by atoms with E-state index in [-0.39, 0.29) is 15.4 Å². The van der Waals surface area contributed by atoms with Gasteiger partial charge in [-0.1, -0.05) is 60.0 Å². The smallest absolute Gasteiger partial charge is 0.346 e. The number of halogens is 1. The second-order valence-corrected chi connectivity index (χ2v) is 10.8. The van der Waals surface area contributed by atoms with Crippen molar-refractivity contribution in [3.05, 3.63) is 79.5 Å². The Kier molecular flexibility index (Phi) is 6.90. The summed E-state index contributed by atoms with van der Waals surface area (Å²) in [6.07, 6.45) is 0. The molecule has 0 atom stereocenters. The largest absolute Gasteiger partial charge is 0.465 e. The minimum Gasteiger partial charge on any atom is -0.465 e. The van der Waals surface area contributed by atoms with Gasteiger partial charge in [-0.3, -0.25) is 9.69 Å². The number of amides is 1. The second-order valence-electron chi connectivity index (χ2n) is 8.06. The molecule has 0 bridgehead atoms. The fourth-order valence-corrected chi connectivity index (χ4v) is 6.92. The first-order valence-corrected chi connectivity index (χ1v) is 12.4. The molecule has 180 valence electrons. The summed E-state index contributed by atoms with van der Waals surface area (Å²) in [5.41, 5.74) is 1.08. The van der Waals surface area contributed by atoms with E-state index in [0.717, 1.165) is 23.5 Å². The highest BCUT2D eigenvalue weighted by molar-refractivity contribution is 8.29. The predicted molar refractivity (Wildman–Crippen MR) is 139 cm³/mol. The molecule has 0 aliphatic carbocycles. The molecule has 6 nitrogen and oxygen atoms in total. The molecule has 4 rings (SSSR count). The van der Waals surface area contributed by atoms with Crippen molar-refractivity contribution in [2.75, 3.05) is 19.1 Å². The zero-order valence-electron chi connectivity index (χ0n) is 19.2. The first kappa shape index (κ1) is 25.2. The van der Waals surface area contributed by atoms with E-state index < -0.39 is 29.2 Å². The van der Waals surface area contributed by atoms with Crippen LogP contribution in [0.15, 0.2) is 62.6 Å². The number of hydrogen-bond acceptors (Lipinski definition) is 8. The number of fused-ring (bicyclic) bond motifs is 1. The van der Waals surface area contributed by atoms with Crippen molar-refractivity contribution in [3.63, 3.8) is 0 Å². The normalized spacial score (nSPS) is 16.8. The Balaban J connectivity index is 1.88. The molecule has 2 heterocycles. The Morgan fingerprint density at radius 1 is 0.943 bits per heavy atom. The van der Waals surface area contributed by atoms with Gasteiger partial charge < -0.3 is 9.47 Å². The van der Waals surface area contributed by atoms with Gasteiger partial charge in [0, 0.05) is 16.7 Å². The lowest BCUT2D eigenvalue weighted by Gasteiger charge is -2.45. The van der Waals surface area contributed by atoms with Crippen molar-refractivity contribution in [2.45, 2.75) is 19.4 Å². The summed E-state index contributed by atoms with van der Waals surface area (Å²) in [5.74, 6) is -2.23. The van der Waals surface area contributed by atoms with Gasteiger partial charge in [0.1, 0.15) is 15.6 Å². The third kappa shape index (κ3) is 4.30. The monoisotopic (exact) mass is 529 g/mol. The molecule has 2 aromatic rings. The zero-order chi connectivity index (χ0) is 25.5. The van der Waals surface area contributed by atoms with Gasteiger partial charge in [-0.25, -0.2) is 14.0 Å². The topological polar surface area (TPSA) is 72.9 Å². The van der Waals surface area contributed by atoms with Gasteiger partial charge in [-0.2, -0.15) is 0 Å². The molecule has 0 spiro atoms. The Labute approximate surface area is 215 Å². The van der Waals surface area contributed by atoms with Crippen LogP contribution in [0, 0.1) is 5.82 Å². The molecule has 2 aromatic carbocycles. The van der Waals surface area contributed by atoms with E-state index in [1.54, 1.807) is 23.1 Å². The Morgan fingerprint density at radius 3 is 2.11 bits per heavy atom. The SMILES string of the molecule is COC(=O)C1=C(C(=O)OC)SC(=C2C(=S)C(C)(C)N(C(=O)c3cccc(F)c3)c3ccccc32)S1. The maximum Gasteiger partial charge on any atom is 0.346 e. The molecule has 10 heteroatoms. The minimum atomic E-state index is -0.990. The highest BCUT2D eigenvalue weighted by atomic mass is 32.2. The van der Waals surface area contributed by atoms with Crippen LogP contribution < -0.4 is 4.90 Å². The van der Waals surface area contributed by atoms with Crippen LogP contribution in [0.1, 0.15) is 29.8 Å². The molecular weight excluding hydrogens is 509 g/mol. The van der Waals surface area contributed by atoms with Gasteiger partial charge in [0.2, 0.25) is 0 Å². The number of carbonyl (C=O) groups excluding carboxylic acids is 3. The lowest BCUT2D eigenvalue weighted by molar-refractivity contribution is -0.138. The summed E-state index contributed by atoms with van der Waals surface area (Å²) in [4.78, 5) is 40.6. The van der Waals surface area contributed by atoms with E-state index in [4.69, 9.17) is 21.7 Å². The third-order valence-corrected chi connectivity index (χ3v) is 8.83. The Hall–Kier alpha value is -2.95. The number of thioether (sulfide) groups is 2. The predicted octanol–water partition coefficient (Wildman–Crippen LogP) is 5.34. The number of para-hydroxylation sites is 1. The number of methoxy groups -OCH3 is 2. The van der Waals surface area contributed by atoms with E-state index in [0.29, 0.717) is 25.9 Å². The number of anilines is 1. The van der Waals surface area contributed by atoms with Gasteiger partial charge in [-0.15, -0.1) is 0 Å². The molecule has 35 heavy (non-hydrogen) atoms. The summed E-state index contributed by atoms with van der Waals surface area (Å²) in [6.45, 7) is 3.62. The van der Waals surface area contributed by atoms with Crippen molar-refractivity contribution in [1.29, 1.82) is 0 Å². The highest BCUT2D eigenvalue weighted by Gasteiger charge is 2.46. The molecule has 0 saturated heterocycles. The van der Waals surface area contributed by atoms with E-state index >= 15 is 0 Å². The summed E-state index contributed by atoms with van der Waals surface area (Å²) in [5, 5.41) is 0. The fraction of sp³-hybridized carbons (Fsp3) is 0.200. The molecule has 0 N–H and O–H groups in total. The maximum absolute atomic E-state index is 13.9. The quantitative estimate of drug-likeness (QED) is 0.300. The molecule has 2 aliphatic heterocycles. The number of rotatable bonds is 3. The van der Waals surface area contributed by atoms with Crippen LogP contribution in [-0.4, -0.2) is 42.5 Å². The number of nitrogens with zero attached hydrogens (tertiary/aromatic N) is 1. The number of esters is 2. The lowest BCUT2D eigenvalue weighted by Crippen LogP contribution is -2.56. The summed E-state index contributed by atoms with van der Waals surface area (Å²) < 4.78 is 24.2. The summed E-state index contributed by atoms with van der Waals surface area (Å²) in [6, 6.07) is 12.7. The number of hydrogen-bond donors (Lipinski definition) is 0. The zero-order valence-corrected chi connectivity index (χ0v) is 21.7. The standard InChI is InChI=1S/C25H20FNO5S3/c1-25(2)20(33)17(24-34-18(22(29)31-3)19(35-24)23(30)32-4)15-10-5-6-11-16(15)27(25)21(28)13-8-7-9-14(26)12-13/h5-12H,1-4H3. The fourth-order valence-electron chi connectivity index (χ4n) is 3.88. The highest BCUT2D eigenvalue weighted by Crippen LogP contribution is 2.56. The van der Waals surface area contributed by atoms with Crippen LogP contribution in [0.25, 0.3) is 5.57 Å². The lowest BCUT2D eigenvalue weighted by atomic mass is 9.83. The second kappa shape index (κ2) is 9.60. The third-order valence-electron chi connectivity index (χ3n) is 5.57. The molecule has 0 radical (unpaired) electrons. The average Bonchev–Trinajstić information content (AvgIpc) is 3.28. The van der Waals surface area contributed by atoms with Crippen LogP contribution in [0.5, 0.6) is 0 Å². The van der Waals surface area contributed by atoms with Gasteiger partial charge in [0.05, 0.1) is 34.5 Å². The molecule has 2 aliphatic rings. The van der Waals surface area contributed by atoms with Crippen molar-refractivity contribution in [3.8, 4) is 0 Å². The molecule has 0 aromatic heterocycles. The van der Waals surface area contributed by atoms with Crippen LogP contribution in [0.2, 0.25) is 0 Å². The maximum atomic E-state index is 13.9. The molecule has 0 fully saturated rings. The van der Waals surface area contributed by atoms with E-state index in [1.165, 1.54) is 32.4 Å². The van der Waals surface area contributed by atoms with Crippen LogP contribution in [-0.2, 0) is 19.1 Å². The first-order valence-electron chi connectivity index (χ1n) is 10.4. The molecule has 1 amide bonds. The van der Waals surface area contributed by atoms with Gasteiger partial charge >= 0.3 is 11.9 Å². The Bertz CT molecular complexity index is 1320. The number of thiocarbonyl (C=S) groups is 1. The first-order chi connectivity index (χ1) is 16.6. The van der Waals surface area contributed by atoms with Gasteiger partial charge in [-0.05, 0) is 38.1 Å². The van der Waals surface area contributed by atoms with Crippen LogP contribution in [0.3, 0.4) is 0 Å². The number of ether oxygens (including phenoxy) is 2. The Morgan fingerprint density at radius 2 is 1.54 bits per heavy atom. The van der Waals surface area contributed by atoms with Gasteiger partial charge in [0.15, 0.2) is 0 Å². The molecule has 0 unspecified atom stereocenters. The number of carbonyl (C=O) groups is 3.